The zero-order valence-corrected chi connectivity index (χ0v) is 11.9. The maximum atomic E-state index is 11.5. The summed E-state index contributed by atoms with van der Waals surface area (Å²) in [6, 6.07) is 9.67. The van der Waals surface area contributed by atoms with Gasteiger partial charge >= 0.3 is 5.97 Å². The van der Waals surface area contributed by atoms with Crippen molar-refractivity contribution in [1.29, 1.82) is 0 Å². The Morgan fingerprint density at radius 3 is 2.70 bits per heavy atom. The number of ether oxygens (including phenoxy) is 1. The summed E-state index contributed by atoms with van der Waals surface area (Å²) in [7, 11) is 0. The highest BCUT2D eigenvalue weighted by Gasteiger charge is 2.07. The molecule has 2 aromatic rings. The Bertz CT molecular complexity index is 606. The zero-order valence-electron chi connectivity index (χ0n) is 11.9. The Labute approximate surface area is 118 Å². The maximum absolute atomic E-state index is 11.5. The molecule has 4 nitrogen and oxygen atoms in total. The Balaban J connectivity index is 2.14. The van der Waals surface area contributed by atoms with Crippen molar-refractivity contribution in [3.05, 3.63) is 53.2 Å². The number of carbonyl (C=O) groups is 1. The lowest BCUT2D eigenvalue weighted by molar-refractivity contribution is 0.0526. The average molecular weight is 270 g/mol. The van der Waals surface area contributed by atoms with Crippen LogP contribution in [-0.4, -0.2) is 17.6 Å². The summed E-state index contributed by atoms with van der Waals surface area (Å²) in [6.45, 7) is 6.22. The van der Waals surface area contributed by atoms with Crippen LogP contribution in [-0.2, 0) is 4.74 Å². The van der Waals surface area contributed by atoms with Crippen LogP contribution in [0.1, 0.15) is 28.4 Å². The number of carbonyl (C=O) groups excluding carboxylic acids is 1. The second-order valence-corrected chi connectivity index (χ2v) is 4.60. The molecule has 1 aromatic heterocycles. The number of nitrogens with one attached hydrogen (secondary N) is 1. The summed E-state index contributed by atoms with van der Waals surface area (Å²) in [6.07, 6.45) is 1.52. The molecule has 1 heterocycles. The van der Waals surface area contributed by atoms with E-state index >= 15 is 0 Å². The van der Waals surface area contributed by atoms with Gasteiger partial charge in [-0.2, -0.15) is 0 Å². The minimum atomic E-state index is -0.349. The molecule has 0 unspecified atom stereocenters. The summed E-state index contributed by atoms with van der Waals surface area (Å²) in [4.78, 5) is 15.8. The second kappa shape index (κ2) is 6.19. The SMILES string of the molecule is CCOC(=O)c1ccc(Nc2cc(C)ccc2C)nc1. The molecule has 20 heavy (non-hydrogen) atoms. The monoisotopic (exact) mass is 270 g/mol. The highest BCUT2D eigenvalue weighted by Crippen LogP contribution is 2.20. The largest absolute Gasteiger partial charge is 0.462 e. The smallest absolute Gasteiger partial charge is 0.339 e. The van der Waals surface area contributed by atoms with Crippen LogP contribution in [0.2, 0.25) is 0 Å². The van der Waals surface area contributed by atoms with Crippen molar-refractivity contribution in [2.75, 3.05) is 11.9 Å². The molecule has 0 fully saturated rings. The number of hydrogen-bond acceptors (Lipinski definition) is 4. The Morgan fingerprint density at radius 1 is 1.25 bits per heavy atom. The van der Waals surface area contributed by atoms with Crippen molar-refractivity contribution in [3.8, 4) is 0 Å². The highest BCUT2D eigenvalue weighted by molar-refractivity contribution is 5.89. The maximum Gasteiger partial charge on any atom is 0.339 e. The number of pyridine rings is 1. The minimum absolute atomic E-state index is 0.349. The van der Waals surface area contributed by atoms with Crippen LogP contribution < -0.4 is 5.32 Å². The van der Waals surface area contributed by atoms with Crippen LogP contribution >= 0.6 is 0 Å². The molecule has 0 spiro atoms. The number of benzene rings is 1. The number of anilines is 2. The molecule has 2 rings (SSSR count). The molecule has 0 aliphatic carbocycles. The molecule has 104 valence electrons. The van der Waals surface area contributed by atoms with Gasteiger partial charge in [-0.1, -0.05) is 12.1 Å². The number of esters is 1. The first-order valence-corrected chi connectivity index (χ1v) is 6.57. The van der Waals surface area contributed by atoms with Crippen LogP contribution in [0.5, 0.6) is 0 Å². The minimum Gasteiger partial charge on any atom is -0.462 e. The predicted octanol–water partition coefficient (Wildman–Crippen LogP) is 3.62. The van der Waals surface area contributed by atoms with E-state index in [4.69, 9.17) is 4.74 Å². The quantitative estimate of drug-likeness (QED) is 0.862. The van der Waals surface area contributed by atoms with Crippen LogP contribution in [0.15, 0.2) is 36.5 Å². The molecule has 1 aromatic carbocycles. The third-order valence-electron chi connectivity index (χ3n) is 2.93. The van der Waals surface area contributed by atoms with Gasteiger partial charge in [0, 0.05) is 11.9 Å². The van der Waals surface area contributed by atoms with Gasteiger partial charge in [0.2, 0.25) is 0 Å². The fraction of sp³-hybridized carbons (Fsp3) is 0.250. The fourth-order valence-corrected chi connectivity index (χ4v) is 1.81. The molecule has 0 bridgehead atoms. The van der Waals surface area contributed by atoms with Crippen LogP contribution in [0, 0.1) is 13.8 Å². The molecule has 0 amide bonds. The Morgan fingerprint density at radius 2 is 2.05 bits per heavy atom. The van der Waals surface area contributed by atoms with E-state index < -0.39 is 0 Å². The number of hydrogen-bond donors (Lipinski definition) is 1. The first-order chi connectivity index (χ1) is 9.60. The van der Waals surface area contributed by atoms with E-state index in [0.29, 0.717) is 18.0 Å². The molecule has 0 saturated carbocycles. The van der Waals surface area contributed by atoms with Crippen molar-refractivity contribution in [2.45, 2.75) is 20.8 Å². The lowest BCUT2D eigenvalue weighted by Crippen LogP contribution is -2.05. The summed E-state index contributed by atoms with van der Waals surface area (Å²) >= 11 is 0. The van der Waals surface area contributed by atoms with Gasteiger partial charge in [-0.25, -0.2) is 9.78 Å². The molecule has 0 atom stereocenters. The summed E-state index contributed by atoms with van der Waals surface area (Å²) < 4.78 is 4.92. The number of aromatic nitrogens is 1. The van der Waals surface area contributed by atoms with Crippen molar-refractivity contribution < 1.29 is 9.53 Å². The summed E-state index contributed by atoms with van der Waals surface area (Å²) in [5.74, 6) is 0.352. The van der Waals surface area contributed by atoms with Crippen LogP contribution in [0.3, 0.4) is 0 Å². The Kier molecular flexibility index (Phi) is 4.35. The molecular weight excluding hydrogens is 252 g/mol. The van der Waals surface area contributed by atoms with E-state index in [1.54, 1.807) is 19.1 Å². The number of nitrogens with zero attached hydrogens (tertiary/aromatic N) is 1. The van der Waals surface area contributed by atoms with E-state index in [0.717, 1.165) is 11.3 Å². The van der Waals surface area contributed by atoms with Crippen molar-refractivity contribution in [1.82, 2.24) is 4.98 Å². The van der Waals surface area contributed by atoms with Gasteiger partial charge in [-0.05, 0) is 50.1 Å². The third-order valence-corrected chi connectivity index (χ3v) is 2.93. The number of aryl methyl sites for hydroxylation is 2. The molecule has 1 N–H and O–H groups in total. The average Bonchev–Trinajstić information content (AvgIpc) is 2.44. The third kappa shape index (κ3) is 3.35. The Hall–Kier alpha value is -2.36. The van der Waals surface area contributed by atoms with Gasteiger partial charge in [0.25, 0.3) is 0 Å². The highest BCUT2D eigenvalue weighted by atomic mass is 16.5. The van der Waals surface area contributed by atoms with E-state index in [9.17, 15) is 4.79 Å². The first kappa shape index (κ1) is 14.1. The molecule has 0 saturated heterocycles. The van der Waals surface area contributed by atoms with Crippen molar-refractivity contribution in [3.63, 3.8) is 0 Å². The summed E-state index contributed by atoms with van der Waals surface area (Å²) in [5.41, 5.74) is 3.80. The standard InChI is InChI=1S/C16H18N2O2/c1-4-20-16(19)13-7-8-15(17-10-13)18-14-9-11(2)5-6-12(14)3/h5-10H,4H2,1-3H3,(H,17,18). The lowest BCUT2D eigenvalue weighted by atomic mass is 10.1. The van der Waals surface area contributed by atoms with Crippen molar-refractivity contribution >= 4 is 17.5 Å². The fourth-order valence-electron chi connectivity index (χ4n) is 1.81. The van der Waals surface area contributed by atoms with Crippen LogP contribution in [0.4, 0.5) is 11.5 Å². The molecular formula is C16H18N2O2. The van der Waals surface area contributed by atoms with Crippen LogP contribution in [0.25, 0.3) is 0 Å². The molecule has 4 heteroatoms. The predicted molar refractivity (Wildman–Crippen MR) is 79.4 cm³/mol. The van der Waals surface area contributed by atoms with Crippen molar-refractivity contribution in [2.24, 2.45) is 0 Å². The van der Waals surface area contributed by atoms with E-state index in [1.807, 2.05) is 13.8 Å². The number of rotatable bonds is 4. The van der Waals surface area contributed by atoms with E-state index in [2.05, 4.69) is 28.5 Å². The molecule has 0 aliphatic rings. The van der Waals surface area contributed by atoms with Gasteiger partial charge in [-0.3, -0.25) is 0 Å². The van der Waals surface area contributed by atoms with Gasteiger partial charge in [0.15, 0.2) is 0 Å². The summed E-state index contributed by atoms with van der Waals surface area (Å²) in [5, 5.41) is 3.25. The molecule has 0 aliphatic heterocycles. The topological polar surface area (TPSA) is 51.2 Å². The van der Waals surface area contributed by atoms with Gasteiger partial charge < -0.3 is 10.1 Å². The normalized spacial score (nSPS) is 10.2. The van der Waals surface area contributed by atoms with Gasteiger partial charge in [-0.15, -0.1) is 0 Å². The van der Waals surface area contributed by atoms with E-state index in [1.165, 1.54) is 11.8 Å². The first-order valence-electron chi connectivity index (χ1n) is 6.57. The van der Waals surface area contributed by atoms with Gasteiger partial charge in [0.1, 0.15) is 5.82 Å². The zero-order chi connectivity index (χ0) is 14.5. The second-order valence-electron chi connectivity index (χ2n) is 4.60. The lowest BCUT2D eigenvalue weighted by Gasteiger charge is -2.10. The molecule has 0 radical (unpaired) electrons. The van der Waals surface area contributed by atoms with Gasteiger partial charge in [0.05, 0.1) is 12.2 Å². The van der Waals surface area contributed by atoms with E-state index in [-0.39, 0.29) is 5.97 Å².